The predicted molar refractivity (Wildman–Crippen MR) is 95.5 cm³/mol. The molecule has 1 N–H and O–H groups in total. The van der Waals surface area contributed by atoms with Crippen LogP contribution in [-0.4, -0.2) is 57.5 Å². The van der Waals surface area contributed by atoms with Crippen LogP contribution in [0.4, 0.5) is 0 Å². The summed E-state index contributed by atoms with van der Waals surface area (Å²) in [7, 11) is 0. The molecule has 1 aliphatic rings. The Morgan fingerprint density at radius 2 is 2.08 bits per heavy atom. The number of amides is 1. The normalized spacial score (nSPS) is 17.3. The summed E-state index contributed by atoms with van der Waals surface area (Å²) in [6.45, 7) is 4.66. The lowest BCUT2D eigenvalue weighted by Crippen LogP contribution is -2.48. The number of hydrogen-bond acceptors (Lipinski definition) is 4. The van der Waals surface area contributed by atoms with Crippen LogP contribution in [-0.2, 0) is 16.1 Å². The minimum atomic E-state index is -1.06. The molecule has 1 aromatic heterocycles. The minimum Gasteiger partial charge on any atom is -0.479 e. The van der Waals surface area contributed by atoms with E-state index in [4.69, 9.17) is 21.4 Å². The second-order valence-electron chi connectivity index (χ2n) is 6.24. The van der Waals surface area contributed by atoms with Gasteiger partial charge in [0.15, 0.2) is 6.10 Å². The maximum Gasteiger partial charge on any atom is 0.334 e. The zero-order valence-corrected chi connectivity index (χ0v) is 15.4. The Morgan fingerprint density at radius 3 is 2.77 bits per heavy atom. The largest absolute Gasteiger partial charge is 0.479 e. The van der Waals surface area contributed by atoms with Crippen molar-refractivity contribution in [2.24, 2.45) is 0 Å². The number of nitrogens with zero attached hydrogens (tertiary/aromatic N) is 3. The molecule has 1 amide bonds. The number of carboxylic acid groups (broad SMARTS) is 1. The van der Waals surface area contributed by atoms with E-state index in [1.54, 1.807) is 11.6 Å². The van der Waals surface area contributed by atoms with Gasteiger partial charge in [0.2, 0.25) is 0 Å². The molecular formula is C18H20ClN3O4. The number of aryl methyl sites for hydroxylation is 1. The summed E-state index contributed by atoms with van der Waals surface area (Å²) in [5.74, 6) is -1.29. The third-order valence-corrected chi connectivity index (χ3v) is 4.87. The highest BCUT2D eigenvalue weighted by molar-refractivity contribution is 6.31. The molecule has 2 heterocycles. The van der Waals surface area contributed by atoms with Crippen LogP contribution in [0.15, 0.2) is 24.3 Å². The van der Waals surface area contributed by atoms with Crippen LogP contribution in [0, 0.1) is 13.8 Å². The number of carboxylic acids is 1. The van der Waals surface area contributed by atoms with Crippen molar-refractivity contribution in [3.8, 4) is 0 Å². The molecule has 1 aromatic carbocycles. The second-order valence-corrected chi connectivity index (χ2v) is 6.65. The maximum absolute atomic E-state index is 12.9. The van der Waals surface area contributed by atoms with Crippen molar-refractivity contribution >= 4 is 23.5 Å². The third kappa shape index (κ3) is 3.59. The fourth-order valence-corrected chi connectivity index (χ4v) is 3.29. The van der Waals surface area contributed by atoms with E-state index < -0.39 is 12.1 Å². The summed E-state index contributed by atoms with van der Waals surface area (Å²) >= 11 is 6.22. The minimum absolute atomic E-state index is 0.0305. The Kier molecular flexibility index (Phi) is 5.29. The molecule has 0 saturated carbocycles. The molecule has 138 valence electrons. The van der Waals surface area contributed by atoms with Gasteiger partial charge in [-0.1, -0.05) is 29.8 Å². The molecule has 2 aromatic rings. The van der Waals surface area contributed by atoms with E-state index in [0.717, 1.165) is 11.3 Å². The number of halogens is 1. The first-order valence-electron chi connectivity index (χ1n) is 8.29. The molecule has 8 heteroatoms. The van der Waals surface area contributed by atoms with Crippen LogP contribution < -0.4 is 0 Å². The monoisotopic (exact) mass is 377 g/mol. The first-order valence-corrected chi connectivity index (χ1v) is 8.67. The van der Waals surface area contributed by atoms with Crippen LogP contribution in [0.5, 0.6) is 0 Å². The quantitative estimate of drug-likeness (QED) is 0.882. The molecule has 1 fully saturated rings. The first-order chi connectivity index (χ1) is 12.4. The second kappa shape index (κ2) is 7.47. The Bertz CT molecular complexity index is 849. The molecule has 1 atom stereocenters. The molecule has 0 aliphatic carbocycles. The lowest BCUT2D eigenvalue weighted by Gasteiger charge is -2.31. The topological polar surface area (TPSA) is 84.7 Å². The summed E-state index contributed by atoms with van der Waals surface area (Å²) in [5, 5.41) is 14.2. The van der Waals surface area contributed by atoms with Gasteiger partial charge in [0.05, 0.1) is 31.0 Å². The molecule has 0 bridgehead atoms. The van der Waals surface area contributed by atoms with Crippen LogP contribution in [0.2, 0.25) is 5.02 Å². The van der Waals surface area contributed by atoms with Crippen LogP contribution >= 0.6 is 11.6 Å². The molecule has 0 radical (unpaired) electrons. The van der Waals surface area contributed by atoms with Crippen molar-refractivity contribution in [1.29, 1.82) is 0 Å². The van der Waals surface area contributed by atoms with Gasteiger partial charge in [-0.2, -0.15) is 5.10 Å². The van der Waals surface area contributed by atoms with Crippen LogP contribution in [0.3, 0.4) is 0 Å². The van der Waals surface area contributed by atoms with Gasteiger partial charge in [-0.15, -0.1) is 0 Å². The molecule has 1 aliphatic heterocycles. The number of morpholine rings is 1. The van der Waals surface area contributed by atoms with Gasteiger partial charge in [-0.25, -0.2) is 4.79 Å². The molecule has 1 saturated heterocycles. The fraction of sp³-hybridized carbons (Fsp3) is 0.389. The van der Waals surface area contributed by atoms with E-state index in [2.05, 4.69) is 5.10 Å². The number of carbonyl (C=O) groups is 2. The zero-order chi connectivity index (χ0) is 18.8. The van der Waals surface area contributed by atoms with E-state index in [9.17, 15) is 9.59 Å². The molecule has 1 unspecified atom stereocenters. The average molecular weight is 378 g/mol. The fourth-order valence-electron chi connectivity index (χ4n) is 3.09. The van der Waals surface area contributed by atoms with Crippen molar-refractivity contribution in [2.75, 3.05) is 19.7 Å². The number of benzene rings is 1. The highest BCUT2D eigenvalue weighted by Crippen LogP contribution is 2.21. The summed E-state index contributed by atoms with van der Waals surface area (Å²) in [5.41, 5.74) is 2.75. The van der Waals surface area contributed by atoms with Gasteiger partial charge in [-0.3, -0.25) is 9.48 Å². The maximum atomic E-state index is 12.9. The van der Waals surface area contributed by atoms with E-state index in [0.29, 0.717) is 29.4 Å². The van der Waals surface area contributed by atoms with Crippen LogP contribution in [0.1, 0.15) is 27.3 Å². The Hall–Kier alpha value is -2.38. The Balaban J connectivity index is 1.84. The highest BCUT2D eigenvalue weighted by Gasteiger charge is 2.31. The third-order valence-electron chi connectivity index (χ3n) is 4.50. The van der Waals surface area contributed by atoms with Gasteiger partial charge in [0, 0.05) is 17.3 Å². The van der Waals surface area contributed by atoms with E-state index in [-0.39, 0.29) is 19.1 Å². The van der Waals surface area contributed by atoms with Crippen molar-refractivity contribution in [3.05, 3.63) is 51.8 Å². The van der Waals surface area contributed by atoms with Crippen molar-refractivity contribution < 1.29 is 19.4 Å². The number of hydrogen-bond donors (Lipinski definition) is 1. The number of aromatic nitrogens is 2. The predicted octanol–water partition coefficient (Wildman–Crippen LogP) is 2.13. The summed E-state index contributed by atoms with van der Waals surface area (Å²) in [6.07, 6.45) is -0.994. The summed E-state index contributed by atoms with van der Waals surface area (Å²) in [6, 6.07) is 7.49. The molecule has 26 heavy (non-hydrogen) atoms. The van der Waals surface area contributed by atoms with Crippen LogP contribution in [0.25, 0.3) is 0 Å². The summed E-state index contributed by atoms with van der Waals surface area (Å²) < 4.78 is 6.93. The zero-order valence-electron chi connectivity index (χ0n) is 14.6. The lowest BCUT2D eigenvalue weighted by molar-refractivity contribution is -0.154. The van der Waals surface area contributed by atoms with Crippen molar-refractivity contribution in [2.45, 2.75) is 26.5 Å². The van der Waals surface area contributed by atoms with E-state index in [1.165, 1.54) is 4.90 Å². The highest BCUT2D eigenvalue weighted by atomic mass is 35.5. The lowest BCUT2D eigenvalue weighted by atomic mass is 10.1. The number of aliphatic carboxylic acids is 1. The van der Waals surface area contributed by atoms with Gasteiger partial charge in [-0.05, 0) is 25.5 Å². The number of ether oxygens (including phenoxy) is 1. The van der Waals surface area contributed by atoms with Crippen molar-refractivity contribution in [3.63, 3.8) is 0 Å². The first kappa shape index (κ1) is 18.4. The number of carbonyl (C=O) groups excluding carboxylic acids is 1. The summed E-state index contributed by atoms with van der Waals surface area (Å²) in [4.78, 5) is 25.6. The SMILES string of the molecule is Cc1nn(Cc2ccccc2Cl)c(C)c1C(=O)N1CCOC(C(=O)O)C1. The van der Waals surface area contributed by atoms with E-state index >= 15 is 0 Å². The Morgan fingerprint density at radius 1 is 1.35 bits per heavy atom. The molecule has 7 nitrogen and oxygen atoms in total. The molecule has 0 spiro atoms. The smallest absolute Gasteiger partial charge is 0.334 e. The van der Waals surface area contributed by atoms with Gasteiger partial charge in [0.1, 0.15) is 0 Å². The number of rotatable bonds is 4. The molecule has 3 rings (SSSR count). The van der Waals surface area contributed by atoms with Gasteiger partial charge in [0.25, 0.3) is 5.91 Å². The Labute approximate surface area is 156 Å². The van der Waals surface area contributed by atoms with Gasteiger partial charge < -0.3 is 14.7 Å². The van der Waals surface area contributed by atoms with Crippen molar-refractivity contribution in [1.82, 2.24) is 14.7 Å². The average Bonchev–Trinajstić information content (AvgIpc) is 2.90. The van der Waals surface area contributed by atoms with E-state index in [1.807, 2.05) is 31.2 Å². The standard InChI is InChI=1S/C18H20ClN3O4/c1-11-16(17(23)21-7-8-26-15(10-21)18(24)25)12(2)22(20-11)9-13-5-3-4-6-14(13)19/h3-6,15H,7-10H2,1-2H3,(H,24,25). The van der Waals surface area contributed by atoms with Gasteiger partial charge >= 0.3 is 5.97 Å². The molecular weight excluding hydrogens is 358 g/mol.